The first-order valence-corrected chi connectivity index (χ1v) is 7.35. The van der Waals surface area contributed by atoms with Crippen molar-refractivity contribution in [1.29, 1.82) is 0 Å². The molecule has 0 aliphatic heterocycles. The van der Waals surface area contributed by atoms with Crippen LogP contribution in [0.5, 0.6) is 0 Å². The molecule has 0 aromatic heterocycles. The Morgan fingerprint density at radius 3 is 2.76 bits per heavy atom. The number of aromatic carboxylic acids is 1. The molecule has 0 atom stereocenters. The van der Waals surface area contributed by atoms with Gasteiger partial charge in [0.2, 0.25) is 0 Å². The molecule has 2 rings (SSSR count). The van der Waals surface area contributed by atoms with Crippen LogP contribution in [0.3, 0.4) is 0 Å². The topological polar surface area (TPSA) is 49.3 Å². The summed E-state index contributed by atoms with van der Waals surface area (Å²) in [6, 6.07) is 6.97. The van der Waals surface area contributed by atoms with Gasteiger partial charge >= 0.3 is 5.97 Å². The number of carboxylic acids is 1. The minimum absolute atomic E-state index is 0.317. The Kier molecular flexibility index (Phi) is 5.38. The van der Waals surface area contributed by atoms with E-state index in [0.29, 0.717) is 5.56 Å². The number of unbranched alkanes of at least 4 members (excludes halogenated alkanes) is 1. The van der Waals surface area contributed by atoms with E-state index in [1.807, 2.05) is 12.1 Å². The van der Waals surface area contributed by atoms with E-state index in [1.54, 1.807) is 12.1 Å². The van der Waals surface area contributed by atoms with Gasteiger partial charge in [-0.3, -0.25) is 0 Å². The molecular formula is C18H21NO2. The summed E-state index contributed by atoms with van der Waals surface area (Å²) in [5.74, 6) is -0.892. The van der Waals surface area contributed by atoms with Gasteiger partial charge in [-0.05, 0) is 48.3 Å². The van der Waals surface area contributed by atoms with E-state index in [2.05, 4.69) is 36.5 Å². The quantitative estimate of drug-likeness (QED) is 0.776. The highest BCUT2D eigenvalue weighted by atomic mass is 16.4. The lowest BCUT2D eigenvalue weighted by Gasteiger charge is -2.16. The van der Waals surface area contributed by atoms with Gasteiger partial charge in [0.1, 0.15) is 0 Å². The minimum Gasteiger partial charge on any atom is -0.478 e. The molecular weight excluding hydrogens is 262 g/mol. The number of hydrogen-bond acceptors (Lipinski definition) is 2. The summed E-state index contributed by atoms with van der Waals surface area (Å²) in [6.07, 6.45) is 11.6. The van der Waals surface area contributed by atoms with E-state index in [-0.39, 0.29) is 0 Å². The maximum atomic E-state index is 10.9. The molecule has 21 heavy (non-hydrogen) atoms. The molecule has 1 aromatic carbocycles. The van der Waals surface area contributed by atoms with Gasteiger partial charge in [-0.2, -0.15) is 0 Å². The normalized spacial score (nSPS) is 15.9. The zero-order valence-electron chi connectivity index (χ0n) is 12.3. The summed E-state index contributed by atoms with van der Waals surface area (Å²) in [4.78, 5) is 10.9. The highest BCUT2D eigenvalue weighted by Gasteiger charge is 2.07. The summed E-state index contributed by atoms with van der Waals surface area (Å²) in [6.45, 7) is 3.16. The Bertz CT molecular complexity index is 580. The highest BCUT2D eigenvalue weighted by molar-refractivity contribution is 5.87. The van der Waals surface area contributed by atoms with Crippen molar-refractivity contribution in [3.05, 3.63) is 64.9 Å². The molecule has 0 spiro atoms. The third kappa shape index (κ3) is 4.35. The zero-order chi connectivity index (χ0) is 15.1. The van der Waals surface area contributed by atoms with Crippen molar-refractivity contribution in [2.45, 2.75) is 26.2 Å². The van der Waals surface area contributed by atoms with Gasteiger partial charge in [0.15, 0.2) is 0 Å². The Morgan fingerprint density at radius 2 is 2.10 bits per heavy atom. The second-order valence-electron chi connectivity index (χ2n) is 5.09. The van der Waals surface area contributed by atoms with Crippen LogP contribution in [0.1, 0.15) is 42.1 Å². The fourth-order valence-corrected chi connectivity index (χ4v) is 2.21. The molecule has 1 aliphatic rings. The molecule has 0 radical (unpaired) electrons. The molecule has 1 aromatic rings. The smallest absolute Gasteiger partial charge is 0.335 e. The number of allylic oxidation sites excluding steroid dienone is 4. The monoisotopic (exact) mass is 283 g/mol. The Balaban J connectivity index is 2.12. The molecule has 110 valence electrons. The SMILES string of the molecule is CCCCNC1=CC=CCC1=Cc1ccc(C(=O)O)cc1. The van der Waals surface area contributed by atoms with Crippen LogP contribution >= 0.6 is 0 Å². The van der Waals surface area contributed by atoms with Crippen molar-refractivity contribution in [3.63, 3.8) is 0 Å². The lowest BCUT2D eigenvalue weighted by molar-refractivity contribution is 0.0697. The van der Waals surface area contributed by atoms with E-state index in [1.165, 1.54) is 12.0 Å². The Labute approximate surface area is 125 Å². The summed E-state index contributed by atoms with van der Waals surface area (Å²) >= 11 is 0. The second-order valence-corrected chi connectivity index (χ2v) is 5.09. The molecule has 0 heterocycles. The average molecular weight is 283 g/mol. The standard InChI is InChI=1S/C18H21NO2/c1-2-3-12-19-17-7-5-4-6-16(17)13-14-8-10-15(11-9-14)18(20)21/h4-5,7-11,13,19H,2-3,6,12H2,1H3,(H,20,21). The number of carboxylic acid groups (broad SMARTS) is 1. The van der Waals surface area contributed by atoms with Gasteiger partial charge < -0.3 is 10.4 Å². The fourth-order valence-electron chi connectivity index (χ4n) is 2.21. The van der Waals surface area contributed by atoms with Crippen molar-refractivity contribution in [2.24, 2.45) is 0 Å². The molecule has 3 nitrogen and oxygen atoms in total. The van der Waals surface area contributed by atoms with Crippen LogP contribution in [-0.4, -0.2) is 17.6 Å². The number of hydrogen-bond donors (Lipinski definition) is 2. The molecule has 0 fully saturated rings. The minimum atomic E-state index is -0.892. The van der Waals surface area contributed by atoms with Crippen molar-refractivity contribution in [1.82, 2.24) is 5.32 Å². The molecule has 3 heteroatoms. The molecule has 1 aliphatic carbocycles. The second kappa shape index (κ2) is 7.48. The fraction of sp³-hybridized carbons (Fsp3) is 0.278. The van der Waals surface area contributed by atoms with Crippen molar-refractivity contribution in [3.8, 4) is 0 Å². The van der Waals surface area contributed by atoms with Crippen LogP contribution in [-0.2, 0) is 0 Å². The summed E-state index contributed by atoms with van der Waals surface area (Å²) in [5, 5.41) is 12.4. The molecule has 0 saturated heterocycles. The van der Waals surface area contributed by atoms with Crippen molar-refractivity contribution >= 4 is 12.0 Å². The summed E-state index contributed by atoms with van der Waals surface area (Å²) < 4.78 is 0. The molecule has 0 amide bonds. The van der Waals surface area contributed by atoms with Gasteiger partial charge in [0.25, 0.3) is 0 Å². The maximum Gasteiger partial charge on any atom is 0.335 e. The van der Waals surface area contributed by atoms with E-state index in [9.17, 15) is 4.79 Å². The average Bonchev–Trinajstić information content (AvgIpc) is 2.50. The number of rotatable bonds is 6. The van der Waals surface area contributed by atoms with E-state index in [4.69, 9.17) is 5.11 Å². The number of nitrogens with one attached hydrogen (secondary N) is 1. The summed E-state index contributed by atoms with van der Waals surface area (Å²) in [5.41, 5.74) is 3.73. The first kappa shape index (κ1) is 15.1. The van der Waals surface area contributed by atoms with Gasteiger partial charge in [-0.15, -0.1) is 0 Å². The Hall–Kier alpha value is -2.29. The predicted octanol–water partition coefficient (Wildman–Crippen LogP) is 4.00. The van der Waals surface area contributed by atoms with Gasteiger partial charge in [0.05, 0.1) is 5.56 Å². The molecule has 2 N–H and O–H groups in total. The van der Waals surface area contributed by atoms with Crippen molar-refractivity contribution < 1.29 is 9.90 Å². The van der Waals surface area contributed by atoms with Crippen LogP contribution in [0, 0.1) is 0 Å². The predicted molar refractivity (Wildman–Crippen MR) is 86.1 cm³/mol. The van der Waals surface area contributed by atoms with Crippen LogP contribution in [0.25, 0.3) is 6.08 Å². The first-order valence-electron chi connectivity index (χ1n) is 7.35. The van der Waals surface area contributed by atoms with Gasteiger partial charge in [0, 0.05) is 12.2 Å². The lowest BCUT2D eigenvalue weighted by Crippen LogP contribution is -2.17. The molecule has 0 saturated carbocycles. The van der Waals surface area contributed by atoms with E-state index < -0.39 is 5.97 Å². The van der Waals surface area contributed by atoms with E-state index in [0.717, 1.165) is 30.6 Å². The van der Waals surface area contributed by atoms with E-state index >= 15 is 0 Å². The lowest BCUT2D eigenvalue weighted by atomic mass is 10.00. The highest BCUT2D eigenvalue weighted by Crippen LogP contribution is 2.21. The number of carbonyl (C=O) groups is 1. The summed E-state index contributed by atoms with van der Waals surface area (Å²) in [7, 11) is 0. The Morgan fingerprint density at radius 1 is 1.33 bits per heavy atom. The first-order chi connectivity index (χ1) is 10.2. The van der Waals surface area contributed by atoms with Crippen LogP contribution in [0.15, 0.2) is 53.8 Å². The maximum absolute atomic E-state index is 10.9. The van der Waals surface area contributed by atoms with Gasteiger partial charge in [-0.1, -0.05) is 37.6 Å². The molecule has 0 unspecified atom stereocenters. The third-order valence-electron chi connectivity index (χ3n) is 3.43. The van der Waals surface area contributed by atoms with Crippen LogP contribution in [0.2, 0.25) is 0 Å². The number of benzene rings is 1. The zero-order valence-corrected chi connectivity index (χ0v) is 12.3. The van der Waals surface area contributed by atoms with Crippen molar-refractivity contribution in [2.75, 3.05) is 6.54 Å². The van der Waals surface area contributed by atoms with Crippen LogP contribution < -0.4 is 5.32 Å². The molecule has 0 bridgehead atoms. The third-order valence-corrected chi connectivity index (χ3v) is 3.43. The largest absolute Gasteiger partial charge is 0.478 e. The van der Waals surface area contributed by atoms with Crippen LogP contribution in [0.4, 0.5) is 0 Å². The van der Waals surface area contributed by atoms with Gasteiger partial charge in [-0.25, -0.2) is 4.79 Å².